The minimum atomic E-state index is -1.12. The predicted molar refractivity (Wildman–Crippen MR) is 65.0 cm³/mol. The maximum Gasteiger partial charge on any atom is 0.405 e. The van der Waals surface area contributed by atoms with Crippen LogP contribution in [0.3, 0.4) is 0 Å². The Bertz CT molecular complexity index is 503. The lowest BCUT2D eigenvalue weighted by atomic mass is 9.85. The number of carbonyl (C=O) groups excluding carboxylic acids is 1. The predicted octanol–water partition coefficient (Wildman–Crippen LogP) is 1.68. The van der Waals surface area contributed by atoms with Gasteiger partial charge in [0.1, 0.15) is 0 Å². The van der Waals surface area contributed by atoms with E-state index >= 15 is 0 Å². The van der Waals surface area contributed by atoms with Crippen molar-refractivity contribution in [3.8, 4) is 0 Å². The molecule has 3 N–H and O–H groups in total. The number of nitrogens with one attached hydrogen (secondary N) is 2. The lowest BCUT2D eigenvalue weighted by molar-refractivity contribution is 0.0915. The molecule has 0 aliphatic carbocycles. The molecule has 17 heavy (non-hydrogen) atoms. The van der Waals surface area contributed by atoms with Gasteiger partial charge in [0.2, 0.25) is 0 Å². The van der Waals surface area contributed by atoms with Gasteiger partial charge in [-0.15, -0.1) is 0 Å². The standard InChI is InChI=1S/C11H11BrN2O3/c1-11(14-10(16)17)5-13-9(15)7-3-2-6(12)4-8(7)11/h2-4,14H,5H2,1H3,(H,13,15)(H,16,17). The molecule has 1 aliphatic heterocycles. The highest BCUT2D eigenvalue weighted by Gasteiger charge is 2.36. The Balaban J connectivity index is 2.54. The molecule has 1 heterocycles. The van der Waals surface area contributed by atoms with Crippen molar-refractivity contribution in [2.24, 2.45) is 0 Å². The molecule has 0 fully saturated rings. The van der Waals surface area contributed by atoms with Crippen LogP contribution >= 0.6 is 15.9 Å². The van der Waals surface area contributed by atoms with E-state index in [0.29, 0.717) is 11.1 Å². The Morgan fingerprint density at radius 2 is 2.29 bits per heavy atom. The maximum atomic E-state index is 11.7. The van der Waals surface area contributed by atoms with E-state index in [-0.39, 0.29) is 12.5 Å². The van der Waals surface area contributed by atoms with Crippen LogP contribution in [0.1, 0.15) is 22.8 Å². The first-order valence-electron chi connectivity index (χ1n) is 5.02. The van der Waals surface area contributed by atoms with Crippen LogP contribution in [0.5, 0.6) is 0 Å². The first kappa shape index (κ1) is 11.9. The molecule has 1 aliphatic rings. The van der Waals surface area contributed by atoms with Crippen LogP contribution in [0.4, 0.5) is 4.79 Å². The van der Waals surface area contributed by atoms with Crippen LogP contribution in [0.25, 0.3) is 0 Å². The molecule has 0 radical (unpaired) electrons. The Morgan fingerprint density at radius 1 is 1.59 bits per heavy atom. The SMILES string of the molecule is CC1(NC(=O)O)CNC(=O)c2ccc(Br)cc21. The molecule has 0 aromatic heterocycles. The summed E-state index contributed by atoms with van der Waals surface area (Å²) in [5.41, 5.74) is 0.368. The average molecular weight is 299 g/mol. The van der Waals surface area contributed by atoms with E-state index in [1.165, 1.54) is 0 Å². The smallest absolute Gasteiger partial charge is 0.405 e. The van der Waals surface area contributed by atoms with Crippen molar-refractivity contribution in [2.75, 3.05) is 6.54 Å². The molecule has 2 amide bonds. The minimum Gasteiger partial charge on any atom is -0.465 e. The molecule has 1 unspecified atom stereocenters. The second kappa shape index (κ2) is 4.03. The van der Waals surface area contributed by atoms with E-state index in [9.17, 15) is 9.59 Å². The lowest BCUT2D eigenvalue weighted by Crippen LogP contribution is -2.54. The van der Waals surface area contributed by atoms with Crippen LogP contribution in [-0.4, -0.2) is 23.7 Å². The summed E-state index contributed by atoms with van der Waals surface area (Å²) >= 11 is 3.32. The number of halogens is 1. The first-order chi connectivity index (χ1) is 7.92. The topological polar surface area (TPSA) is 78.4 Å². The van der Waals surface area contributed by atoms with E-state index in [1.54, 1.807) is 25.1 Å². The number of amides is 2. The largest absolute Gasteiger partial charge is 0.465 e. The summed E-state index contributed by atoms with van der Waals surface area (Å²) in [6.07, 6.45) is -1.12. The van der Waals surface area contributed by atoms with Gasteiger partial charge in [-0.05, 0) is 30.7 Å². The van der Waals surface area contributed by atoms with Crippen LogP contribution in [0.2, 0.25) is 0 Å². The summed E-state index contributed by atoms with van der Waals surface area (Å²) in [5.74, 6) is -0.183. The number of carbonyl (C=O) groups is 2. The van der Waals surface area contributed by atoms with E-state index in [0.717, 1.165) is 4.47 Å². The number of rotatable bonds is 1. The highest BCUT2D eigenvalue weighted by atomic mass is 79.9. The molecule has 5 nitrogen and oxygen atoms in total. The van der Waals surface area contributed by atoms with E-state index in [1.807, 2.05) is 0 Å². The van der Waals surface area contributed by atoms with Gasteiger partial charge >= 0.3 is 6.09 Å². The Hall–Kier alpha value is -1.56. The van der Waals surface area contributed by atoms with Gasteiger partial charge in [0, 0.05) is 16.6 Å². The second-order valence-electron chi connectivity index (χ2n) is 4.13. The van der Waals surface area contributed by atoms with Crippen molar-refractivity contribution in [1.82, 2.24) is 10.6 Å². The van der Waals surface area contributed by atoms with Gasteiger partial charge in [0.25, 0.3) is 5.91 Å². The summed E-state index contributed by atoms with van der Waals surface area (Å²) in [6.45, 7) is 1.98. The monoisotopic (exact) mass is 298 g/mol. The third-order valence-electron chi connectivity index (χ3n) is 2.81. The van der Waals surface area contributed by atoms with Gasteiger partial charge in [0.15, 0.2) is 0 Å². The average Bonchev–Trinajstić information content (AvgIpc) is 2.23. The summed E-state index contributed by atoms with van der Waals surface area (Å²) in [7, 11) is 0. The van der Waals surface area contributed by atoms with Gasteiger partial charge in [-0.1, -0.05) is 15.9 Å². The van der Waals surface area contributed by atoms with Gasteiger partial charge in [-0.2, -0.15) is 0 Å². The van der Waals surface area contributed by atoms with Gasteiger partial charge in [0.05, 0.1) is 5.54 Å². The summed E-state index contributed by atoms with van der Waals surface area (Å²) in [6, 6.07) is 5.20. The molecule has 1 aromatic carbocycles. The summed E-state index contributed by atoms with van der Waals surface area (Å²) in [5, 5.41) is 14.0. The zero-order valence-corrected chi connectivity index (χ0v) is 10.7. The third-order valence-corrected chi connectivity index (χ3v) is 3.30. The maximum absolute atomic E-state index is 11.7. The first-order valence-corrected chi connectivity index (χ1v) is 5.81. The second-order valence-corrected chi connectivity index (χ2v) is 5.05. The lowest BCUT2D eigenvalue weighted by Gasteiger charge is -2.35. The molecule has 0 bridgehead atoms. The van der Waals surface area contributed by atoms with Crippen molar-refractivity contribution in [1.29, 1.82) is 0 Å². The molecular formula is C11H11BrN2O3. The van der Waals surface area contributed by atoms with E-state index in [2.05, 4.69) is 26.6 Å². The van der Waals surface area contributed by atoms with E-state index in [4.69, 9.17) is 5.11 Å². The van der Waals surface area contributed by atoms with E-state index < -0.39 is 11.6 Å². The quantitative estimate of drug-likeness (QED) is 0.738. The van der Waals surface area contributed by atoms with Crippen molar-refractivity contribution < 1.29 is 14.7 Å². The highest BCUT2D eigenvalue weighted by Crippen LogP contribution is 2.30. The van der Waals surface area contributed by atoms with Crippen LogP contribution in [0, 0.1) is 0 Å². The molecule has 2 rings (SSSR count). The fourth-order valence-electron chi connectivity index (χ4n) is 1.97. The summed E-state index contributed by atoms with van der Waals surface area (Å²) in [4.78, 5) is 22.5. The van der Waals surface area contributed by atoms with Crippen molar-refractivity contribution >= 4 is 27.9 Å². The number of benzene rings is 1. The molecule has 0 spiro atoms. The zero-order chi connectivity index (χ0) is 12.6. The highest BCUT2D eigenvalue weighted by molar-refractivity contribution is 9.10. The Morgan fingerprint density at radius 3 is 2.94 bits per heavy atom. The van der Waals surface area contributed by atoms with Crippen molar-refractivity contribution in [3.63, 3.8) is 0 Å². The minimum absolute atomic E-state index is 0.183. The van der Waals surface area contributed by atoms with Gasteiger partial charge in [-0.25, -0.2) is 4.79 Å². The van der Waals surface area contributed by atoms with Crippen LogP contribution < -0.4 is 10.6 Å². The van der Waals surface area contributed by atoms with Crippen LogP contribution in [0.15, 0.2) is 22.7 Å². The van der Waals surface area contributed by atoms with Gasteiger partial charge < -0.3 is 15.7 Å². The number of fused-ring (bicyclic) bond motifs is 1. The molecule has 90 valence electrons. The van der Waals surface area contributed by atoms with Crippen molar-refractivity contribution in [3.05, 3.63) is 33.8 Å². The zero-order valence-electron chi connectivity index (χ0n) is 9.08. The third kappa shape index (κ3) is 2.12. The summed E-state index contributed by atoms with van der Waals surface area (Å²) < 4.78 is 0.810. The van der Waals surface area contributed by atoms with Crippen LogP contribution in [-0.2, 0) is 5.54 Å². The molecular weight excluding hydrogens is 288 g/mol. The Kier molecular flexibility index (Phi) is 2.82. The number of carboxylic acid groups (broad SMARTS) is 1. The number of hydrogen-bond donors (Lipinski definition) is 3. The molecule has 6 heteroatoms. The molecule has 0 saturated carbocycles. The molecule has 1 aromatic rings. The Labute approximate surface area is 106 Å². The van der Waals surface area contributed by atoms with Crippen molar-refractivity contribution in [2.45, 2.75) is 12.5 Å². The molecule has 1 atom stereocenters. The molecule has 0 saturated heterocycles. The number of hydrogen-bond acceptors (Lipinski definition) is 2. The normalized spacial score (nSPS) is 22.6. The fourth-order valence-corrected chi connectivity index (χ4v) is 2.33. The fraction of sp³-hybridized carbons (Fsp3) is 0.273. The van der Waals surface area contributed by atoms with Gasteiger partial charge in [-0.3, -0.25) is 4.79 Å².